The van der Waals surface area contributed by atoms with Crippen LogP contribution in [-0.4, -0.2) is 20.0 Å². The van der Waals surface area contributed by atoms with Crippen LogP contribution in [0.25, 0.3) is 0 Å². The third kappa shape index (κ3) is 1.84. The molecule has 0 N–H and O–H groups in total. The minimum atomic E-state index is -0.269. The molecule has 0 saturated heterocycles. The third-order valence-corrected chi connectivity index (χ3v) is 4.50. The molecule has 2 aliphatic rings. The van der Waals surface area contributed by atoms with E-state index in [1.165, 1.54) is 7.05 Å². The first-order valence-electron chi connectivity index (χ1n) is 7.40. The molecule has 1 aliphatic carbocycles. The smallest absolute Gasteiger partial charge is 0.347 e. The molecule has 3 unspecified atom stereocenters. The molecule has 3 atom stereocenters. The summed E-state index contributed by atoms with van der Waals surface area (Å²) in [5.41, 5.74) is 0.564. The van der Waals surface area contributed by atoms with Crippen molar-refractivity contribution in [1.82, 2.24) is 13.9 Å². The van der Waals surface area contributed by atoms with Gasteiger partial charge in [0.25, 0.3) is 0 Å². The van der Waals surface area contributed by atoms with Crippen LogP contribution in [0, 0.1) is 0 Å². The van der Waals surface area contributed by atoms with Crippen LogP contribution in [0.4, 0.5) is 0 Å². The summed E-state index contributed by atoms with van der Waals surface area (Å²) in [7, 11) is 1.52. The Morgan fingerprint density at radius 3 is 2.59 bits per heavy atom. The van der Waals surface area contributed by atoms with E-state index in [0.29, 0.717) is 6.61 Å². The Morgan fingerprint density at radius 2 is 1.82 bits per heavy atom. The van der Waals surface area contributed by atoms with Crippen molar-refractivity contribution in [1.29, 1.82) is 0 Å². The van der Waals surface area contributed by atoms with Gasteiger partial charge in [0.2, 0.25) is 0 Å². The van der Waals surface area contributed by atoms with E-state index in [0.717, 1.165) is 16.6 Å². The number of aromatic nitrogens is 3. The van der Waals surface area contributed by atoms with E-state index in [1.807, 2.05) is 42.5 Å². The standard InChI is InChI=1S/C16H17N3O3/c1-17-15(20)18-12-7-8-14(13(9-12)19(18)16(17)21)22-10-11-5-3-2-4-6-11/h2-8,12-14H,9-10H2,1H3. The average Bonchev–Trinajstić information content (AvgIpc) is 2.97. The van der Waals surface area contributed by atoms with Gasteiger partial charge < -0.3 is 4.74 Å². The monoisotopic (exact) mass is 299 g/mol. The largest absolute Gasteiger partial charge is 0.367 e. The van der Waals surface area contributed by atoms with E-state index in [4.69, 9.17) is 4.74 Å². The first-order valence-corrected chi connectivity index (χ1v) is 7.40. The molecule has 0 amide bonds. The second-order valence-electron chi connectivity index (χ2n) is 5.83. The van der Waals surface area contributed by atoms with E-state index >= 15 is 0 Å². The van der Waals surface area contributed by atoms with E-state index in [-0.39, 0.29) is 29.6 Å². The van der Waals surface area contributed by atoms with Gasteiger partial charge in [0.15, 0.2) is 0 Å². The summed E-state index contributed by atoms with van der Waals surface area (Å²) in [5, 5.41) is 0. The molecule has 1 aliphatic heterocycles. The molecule has 0 spiro atoms. The zero-order valence-corrected chi connectivity index (χ0v) is 12.3. The van der Waals surface area contributed by atoms with Crippen molar-refractivity contribution in [2.75, 3.05) is 0 Å². The number of hydrogen-bond acceptors (Lipinski definition) is 3. The van der Waals surface area contributed by atoms with Gasteiger partial charge in [-0.05, 0) is 12.0 Å². The van der Waals surface area contributed by atoms with Crippen LogP contribution in [0.15, 0.2) is 52.1 Å². The van der Waals surface area contributed by atoms with E-state index in [1.54, 1.807) is 9.36 Å². The number of nitrogens with zero attached hydrogens (tertiary/aromatic N) is 3. The van der Waals surface area contributed by atoms with Gasteiger partial charge in [-0.15, -0.1) is 0 Å². The van der Waals surface area contributed by atoms with Crippen molar-refractivity contribution < 1.29 is 4.74 Å². The first kappa shape index (κ1) is 13.3. The minimum absolute atomic E-state index is 0.0389. The van der Waals surface area contributed by atoms with Gasteiger partial charge in [0.05, 0.1) is 24.8 Å². The molecule has 1 aromatic heterocycles. The number of ether oxygens (including phenoxy) is 1. The fourth-order valence-electron chi connectivity index (χ4n) is 3.36. The molecule has 4 rings (SSSR count). The van der Waals surface area contributed by atoms with E-state index in [2.05, 4.69) is 0 Å². The van der Waals surface area contributed by atoms with Crippen LogP contribution < -0.4 is 11.4 Å². The van der Waals surface area contributed by atoms with Gasteiger partial charge >= 0.3 is 11.4 Å². The van der Waals surface area contributed by atoms with Crippen LogP contribution in [-0.2, 0) is 18.4 Å². The van der Waals surface area contributed by atoms with Gasteiger partial charge in [-0.25, -0.2) is 23.5 Å². The number of benzene rings is 1. The van der Waals surface area contributed by atoms with Crippen LogP contribution in [0.5, 0.6) is 0 Å². The molecule has 6 nitrogen and oxygen atoms in total. The predicted octanol–water partition coefficient (Wildman–Crippen LogP) is 0.990. The molecule has 114 valence electrons. The third-order valence-electron chi connectivity index (χ3n) is 4.50. The molecule has 6 heteroatoms. The van der Waals surface area contributed by atoms with Crippen molar-refractivity contribution in [3.63, 3.8) is 0 Å². The topological polar surface area (TPSA) is 58.2 Å². The lowest BCUT2D eigenvalue weighted by molar-refractivity contribution is 0.0334. The molecule has 22 heavy (non-hydrogen) atoms. The van der Waals surface area contributed by atoms with E-state index < -0.39 is 0 Å². The lowest BCUT2D eigenvalue weighted by Crippen LogP contribution is -2.33. The SMILES string of the molecule is Cn1c(=O)n2n(c1=O)C1CC2C=CC1OCc1ccccc1. The summed E-state index contributed by atoms with van der Waals surface area (Å²) in [4.78, 5) is 24.4. The zero-order chi connectivity index (χ0) is 15.3. The maximum Gasteiger partial charge on any atom is 0.347 e. The number of allylic oxidation sites excluding steroid dienone is 1. The summed E-state index contributed by atoms with van der Waals surface area (Å²) in [5.74, 6) is 0. The molecule has 0 saturated carbocycles. The summed E-state index contributed by atoms with van der Waals surface area (Å²) in [6.07, 6.45) is 4.49. The van der Waals surface area contributed by atoms with Crippen molar-refractivity contribution in [2.45, 2.75) is 31.2 Å². The Kier molecular flexibility index (Phi) is 2.94. The fourth-order valence-corrected chi connectivity index (χ4v) is 3.36. The Balaban J connectivity index is 1.63. The highest BCUT2D eigenvalue weighted by Crippen LogP contribution is 2.37. The van der Waals surface area contributed by atoms with Gasteiger partial charge in [-0.1, -0.05) is 42.5 Å². The molecule has 2 bridgehead atoms. The van der Waals surface area contributed by atoms with Crippen LogP contribution in [0.2, 0.25) is 0 Å². The van der Waals surface area contributed by atoms with Crippen LogP contribution in [0.1, 0.15) is 24.1 Å². The van der Waals surface area contributed by atoms with Gasteiger partial charge in [0, 0.05) is 7.05 Å². The predicted molar refractivity (Wildman–Crippen MR) is 80.8 cm³/mol. The molecule has 1 aromatic carbocycles. The highest BCUT2D eigenvalue weighted by Gasteiger charge is 2.40. The quantitative estimate of drug-likeness (QED) is 0.794. The molecular formula is C16H17N3O3. The van der Waals surface area contributed by atoms with Crippen molar-refractivity contribution in [2.24, 2.45) is 7.05 Å². The maximum atomic E-state index is 12.3. The average molecular weight is 299 g/mol. The number of hydrogen-bond donors (Lipinski definition) is 0. The Hall–Kier alpha value is -2.34. The minimum Gasteiger partial charge on any atom is -0.367 e. The van der Waals surface area contributed by atoms with Gasteiger partial charge in [-0.2, -0.15) is 0 Å². The Labute approximate surface area is 126 Å². The molecule has 2 heterocycles. The lowest BCUT2D eigenvalue weighted by Gasteiger charge is -2.23. The van der Waals surface area contributed by atoms with E-state index in [9.17, 15) is 9.59 Å². The van der Waals surface area contributed by atoms with Gasteiger partial charge in [-0.3, -0.25) is 0 Å². The fraction of sp³-hybridized carbons (Fsp3) is 0.375. The van der Waals surface area contributed by atoms with Crippen LogP contribution in [0.3, 0.4) is 0 Å². The maximum absolute atomic E-state index is 12.3. The van der Waals surface area contributed by atoms with Gasteiger partial charge in [0.1, 0.15) is 0 Å². The normalized spacial score (nSPS) is 25.4. The Bertz CT molecular complexity index is 844. The lowest BCUT2D eigenvalue weighted by atomic mass is 9.97. The summed E-state index contributed by atoms with van der Waals surface area (Å²) in [6.45, 7) is 0.489. The summed E-state index contributed by atoms with van der Waals surface area (Å²) < 4.78 is 10.3. The first-order chi connectivity index (χ1) is 10.7. The van der Waals surface area contributed by atoms with Crippen molar-refractivity contribution in [3.8, 4) is 0 Å². The highest BCUT2D eigenvalue weighted by atomic mass is 16.5. The van der Waals surface area contributed by atoms with Crippen molar-refractivity contribution in [3.05, 3.63) is 69.0 Å². The highest BCUT2D eigenvalue weighted by molar-refractivity contribution is 5.15. The molecular weight excluding hydrogens is 282 g/mol. The van der Waals surface area contributed by atoms with Crippen molar-refractivity contribution >= 4 is 0 Å². The summed E-state index contributed by atoms with van der Waals surface area (Å²) in [6, 6.07) is 9.78. The molecule has 0 fully saturated rings. The number of fused-ring (bicyclic) bond motifs is 5. The summed E-state index contributed by atoms with van der Waals surface area (Å²) >= 11 is 0. The molecule has 0 radical (unpaired) electrons. The zero-order valence-electron chi connectivity index (χ0n) is 12.3. The number of rotatable bonds is 3. The van der Waals surface area contributed by atoms with Crippen LogP contribution >= 0.6 is 0 Å². The second-order valence-corrected chi connectivity index (χ2v) is 5.83. The second kappa shape index (κ2) is 4.84. The Morgan fingerprint density at radius 1 is 1.09 bits per heavy atom. The molecule has 2 aromatic rings.